The number of piperazine rings is 1. The Morgan fingerprint density at radius 2 is 2.06 bits per heavy atom. The molecule has 2 nitrogen and oxygen atoms in total. The molecule has 2 atom stereocenters. The lowest BCUT2D eigenvalue weighted by atomic mass is 10.0. The van der Waals surface area contributed by atoms with E-state index in [0.29, 0.717) is 0 Å². The maximum absolute atomic E-state index is 3.51. The lowest BCUT2D eigenvalue weighted by Crippen LogP contribution is -2.54. The third kappa shape index (κ3) is 4.42. The summed E-state index contributed by atoms with van der Waals surface area (Å²) < 4.78 is 0. The molecule has 2 unspecified atom stereocenters. The summed E-state index contributed by atoms with van der Waals surface area (Å²) in [7, 11) is 0. The second kappa shape index (κ2) is 8.08. The quantitative estimate of drug-likeness (QED) is 0.671. The van der Waals surface area contributed by atoms with Gasteiger partial charge in [0.05, 0.1) is 0 Å². The molecular formula is C14H30N2. The molecule has 0 spiro atoms. The van der Waals surface area contributed by atoms with E-state index in [9.17, 15) is 0 Å². The van der Waals surface area contributed by atoms with Crippen molar-refractivity contribution in [3.05, 3.63) is 0 Å². The highest BCUT2D eigenvalue weighted by molar-refractivity contribution is 4.82. The topological polar surface area (TPSA) is 15.3 Å². The number of rotatable bonds is 7. The molecule has 0 aromatic carbocycles. The molecular weight excluding hydrogens is 196 g/mol. The van der Waals surface area contributed by atoms with Crippen LogP contribution in [-0.4, -0.2) is 36.6 Å². The maximum atomic E-state index is 3.51. The van der Waals surface area contributed by atoms with Crippen LogP contribution in [0.3, 0.4) is 0 Å². The Bertz CT molecular complexity index is 170. The Morgan fingerprint density at radius 1 is 1.25 bits per heavy atom. The van der Waals surface area contributed by atoms with E-state index in [1.165, 1.54) is 58.2 Å². The molecule has 0 aliphatic carbocycles. The number of unbranched alkanes of at least 4 members (excludes halogenated alkanes) is 3. The van der Waals surface area contributed by atoms with Gasteiger partial charge in [-0.15, -0.1) is 0 Å². The first-order valence-electron chi connectivity index (χ1n) is 7.26. The van der Waals surface area contributed by atoms with Gasteiger partial charge in [0.15, 0.2) is 0 Å². The molecule has 1 rings (SSSR count). The van der Waals surface area contributed by atoms with Crippen LogP contribution in [-0.2, 0) is 0 Å². The molecule has 1 aliphatic heterocycles. The van der Waals surface area contributed by atoms with Crippen LogP contribution < -0.4 is 5.32 Å². The largest absolute Gasteiger partial charge is 0.314 e. The van der Waals surface area contributed by atoms with Crippen molar-refractivity contribution in [3.63, 3.8) is 0 Å². The first-order chi connectivity index (χ1) is 7.79. The Morgan fingerprint density at radius 3 is 2.75 bits per heavy atom. The zero-order chi connectivity index (χ0) is 11.8. The summed E-state index contributed by atoms with van der Waals surface area (Å²) in [5.74, 6) is 0. The zero-order valence-electron chi connectivity index (χ0n) is 11.5. The van der Waals surface area contributed by atoms with Crippen LogP contribution in [0.2, 0.25) is 0 Å². The summed E-state index contributed by atoms with van der Waals surface area (Å²) >= 11 is 0. The average Bonchev–Trinajstić information content (AvgIpc) is 2.34. The molecule has 96 valence electrons. The summed E-state index contributed by atoms with van der Waals surface area (Å²) in [6, 6.07) is 1.55. The van der Waals surface area contributed by atoms with Gasteiger partial charge in [0.2, 0.25) is 0 Å². The van der Waals surface area contributed by atoms with Crippen LogP contribution in [0.25, 0.3) is 0 Å². The van der Waals surface area contributed by atoms with Crippen LogP contribution in [0.4, 0.5) is 0 Å². The van der Waals surface area contributed by atoms with Crippen LogP contribution in [0.1, 0.15) is 59.3 Å². The number of hydrogen-bond donors (Lipinski definition) is 1. The molecule has 0 saturated carbocycles. The smallest absolute Gasteiger partial charge is 0.0221 e. The fourth-order valence-electron chi connectivity index (χ4n) is 2.77. The van der Waals surface area contributed by atoms with E-state index in [1.54, 1.807) is 0 Å². The van der Waals surface area contributed by atoms with Crippen molar-refractivity contribution in [1.82, 2.24) is 10.2 Å². The van der Waals surface area contributed by atoms with Crippen LogP contribution in [0.15, 0.2) is 0 Å². The van der Waals surface area contributed by atoms with E-state index in [1.807, 2.05) is 0 Å². The summed E-state index contributed by atoms with van der Waals surface area (Å²) in [6.07, 6.45) is 8.26. The van der Waals surface area contributed by atoms with Gasteiger partial charge in [0.1, 0.15) is 0 Å². The number of nitrogens with zero attached hydrogens (tertiary/aromatic N) is 1. The van der Waals surface area contributed by atoms with Crippen molar-refractivity contribution in [3.8, 4) is 0 Å². The van der Waals surface area contributed by atoms with Gasteiger partial charge in [-0.1, -0.05) is 39.5 Å². The van der Waals surface area contributed by atoms with E-state index in [2.05, 4.69) is 31.0 Å². The molecule has 0 aromatic heterocycles. The highest BCUT2D eigenvalue weighted by atomic mass is 15.2. The van der Waals surface area contributed by atoms with Crippen molar-refractivity contribution < 1.29 is 0 Å². The normalized spacial score (nSPS) is 24.6. The van der Waals surface area contributed by atoms with E-state index in [0.717, 1.165) is 12.1 Å². The van der Waals surface area contributed by atoms with E-state index in [4.69, 9.17) is 0 Å². The molecule has 1 N–H and O–H groups in total. The average molecular weight is 226 g/mol. The van der Waals surface area contributed by atoms with Crippen molar-refractivity contribution in [2.75, 3.05) is 19.6 Å². The summed E-state index contributed by atoms with van der Waals surface area (Å²) in [6.45, 7) is 10.6. The predicted octanol–water partition coefficient (Wildman–Crippen LogP) is 3.03. The highest BCUT2D eigenvalue weighted by Crippen LogP contribution is 2.16. The van der Waals surface area contributed by atoms with Crippen LogP contribution in [0.5, 0.6) is 0 Å². The van der Waals surface area contributed by atoms with Crippen molar-refractivity contribution >= 4 is 0 Å². The molecule has 0 radical (unpaired) electrons. The molecule has 0 aromatic rings. The minimum Gasteiger partial charge on any atom is -0.314 e. The van der Waals surface area contributed by atoms with Gasteiger partial charge in [0.25, 0.3) is 0 Å². The Kier molecular flexibility index (Phi) is 7.06. The van der Waals surface area contributed by atoms with Crippen molar-refractivity contribution in [2.24, 2.45) is 0 Å². The van der Waals surface area contributed by atoms with Gasteiger partial charge in [-0.2, -0.15) is 0 Å². The molecule has 1 saturated heterocycles. The van der Waals surface area contributed by atoms with Gasteiger partial charge in [-0.3, -0.25) is 4.90 Å². The Hall–Kier alpha value is -0.0800. The minimum absolute atomic E-state index is 0.773. The molecule has 0 bridgehead atoms. The molecule has 16 heavy (non-hydrogen) atoms. The van der Waals surface area contributed by atoms with Crippen LogP contribution in [0, 0.1) is 0 Å². The van der Waals surface area contributed by atoms with E-state index in [-0.39, 0.29) is 0 Å². The van der Waals surface area contributed by atoms with Gasteiger partial charge >= 0.3 is 0 Å². The standard InChI is InChI=1S/C14H30N2/c1-4-6-7-8-9-13(3)16-11-10-15-12-14(16)5-2/h13-15H,4-12H2,1-3H3. The molecule has 2 heteroatoms. The lowest BCUT2D eigenvalue weighted by molar-refractivity contribution is 0.105. The van der Waals surface area contributed by atoms with Crippen molar-refractivity contribution in [1.29, 1.82) is 0 Å². The second-order valence-corrected chi connectivity index (χ2v) is 5.20. The Labute approximate surface area is 102 Å². The SMILES string of the molecule is CCCCCCC(C)N1CCNCC1CC. The van der Waals surface area contributed by atoms with Crippen molar-refractivity contribution in [2.45, 2.75) is 71.4 Å². The summed E-state index contributed by atoms with van der Waals surface area (Å²) in [4.78, 5) is 2.72. The molecule has 0 amide bonds. The monoisotopic (exact) mass is 226 g/mol. The first kappa shape index (κ1) is 14.0. The molecule has 1 fully saturated rings. The number of hydrogen-bond acceptors (Lipinski definition) is 2. The highest BCUT2D eigenvalue weighted by Gasteiger charge is 2.24. The fraction of sp³-hybridized carbons (Fsp3) is 1.00. The fourth-order valence-corrected chi connectivity index (χ4v) is 2.77. The van der Waals surface area contributed by atoms with Gasteiger partial charge < -0.3 is 5.32 Å². The Balaban J connectivity index is 2.24. The van der Waals surface area contributed by atoms with Gasteiger partial charge in [-0.25, -0.2) is 0 Å². The lowest BCUT2D eigenvalue weighted by Gasteiger charge is -2.40. The predicted molar refractivity (Wildman–Crippen MR) is 71.9 cm³/mol. The molecule has 1 aliphatic rings. The maximum Gasteiger partial charge on any atom is 0.0221 e. The minimum atomic E-state index is 0.773. The van der Waals surface area contributed by atoms with E-state index < -0.39 is 0 Å². The van der Waals surface area contributed by atoms with Crippen LogP contribution >= 0.6 is 0 Å². The molecule has 1 heterocycles. The van der Waals surface area contributed by atoms with Gasteiger partial charge in [-0.05, 0) is 19.8 Å². The second-order valence-electron chi connectivity index (χ2n) is 5.20. The third-order valence-corrected chi connectivity index (χ3v) is 3.91. The summed E-state index contributed by atoms with van der Waals surface area (Å²) in [5, 5.41) is 3.51. The number of nitrogens with one attached hydrogen (secondary N) is 1. The third-order valence-electron chi connectivity index (χ3n) is 3.91. The summed E-state index contributed by atoms with van der Waals surface area (Å²) in [5.41, 5.74) is 0. The zero-order valence-corrected chi connectivity index (χ0v) is 11.5. The van der Waals surface area contributed by atoms with Gasteiger partial charge in [0, 0.05) is 31.7 Å². The first-order valence-corrected chi connectivity index (χ1v) is 7.26. The van der Waals surface area contributed by atoms with E-state index >= 15 is 0 Å².